The van der Waals surface area contributed by atoms with Crippen molar-refractivity contribution in [1.29, 1.82) is 0 Å². The van der Waals surface area contributed by atoms with Gasteiger partial charge < -0.3 is 10.1 Å². The molecule has 0 aromatic carbocycles. The van der Waals surface area contributed by atoms with Gasteiger partial charge in [0.15, 0.2) is 0 Å². The quantitative estimate of drug-likeness (QED) is 0.793. The Hall–Kier alpha value is -1.36. The van der Waals surface area contributed by atoms with Crippen molar-refractivity contribution in [1.82, 2.24) is 5.32 Å². The normalized spacial score (nSPS) is 11.9. The van der Waals surface area contributed by atoms with Gasteiger partial charge >= 0.3 is 5.97 Å². The van der Waals surface area contributed by atoms with Gasteiger partial charge in [-0.2, -0.15) is 0 Å². The number of thiophene rings is 1. The second-order valence-electron chi connectivity index (χ2n) is 3.15. The molecule has 1 rings (SSSR count). The number of hydrogen-bond donors (Lipinski definition) is 1. The molecule has 0 bridgehead atoms. The van der Waals surface area contributed by atoms with Crippen LogP contribution in [0.2, 0.25) is 0 Å². The van der Waals surface area contributed by atoms with Gasteiger partial charge in [-0.1, -0.05) is 0 Å². The van der Waals surface area contributed by atoms with Crippen molar-refractivity contribution in [2.45, 2.75) is 19.9 Å². The third kappa shape index (κ3) is 2.79. The van der Waals surface area contributed by atoms with Gasteiger partial charge in [0.25, 0.3) is 5.91 Å². The van der Waals surface area contributed by atoms with E-state index in [2.05, 4.69) is 10.1 Å². The summed E-state index contributed by atoms with van der Waals surface area (Å²) in [6, 6.07) is 1.24. The SMILES string of the molecule is COC(=O)[C@@H](C)NC(=O)c1sccc1C. The van der Waals surface area contributed by atoms with E-state index in [0.717, 1.165) is 5.56 Å². The van der Waals surface area contributed by atoms with Crippen molar-refractivity contribution < 1.29 is 14.3 Å². The fourth-order valence-electron chi connectivity index (χ4n) is 1.10. The molecule has 0 spiro atoms. The summed E-state index contributed by atoms with van der Waals surface area (Å²) in [6.45, 7) is 3.45. The average Bonchev–Trinajstić information content (AvgIpc) is 2.63. The van der Waals surface area contributed by atoms with Crippen LogP contribution in [0.3, 0.4) is 0 Å². The molecule has 4 nitrogen and oxygen atoms in total. The second-order valence-corrected chi connectivity index (χ2v) is 4.07. The molecule has 0 saturated carbocycles. The molecule has 0 aliphatic rings. The highest BCUT2D eigenvalue weighted by Crippen LogP contribution is 2.15. The van der Waals surface area contributed by atoms with Crippen LogP contribution in [0.4, 0.5) is 0 Å². The lowest BCUT2D eigenvalue weighted by atomic mass is 10.2. The highest BCUT2D eigenvalue weighted by molar-refractivity contribution is 7.12. The van der Waals surface area contributed by atoms with E-state index in [1.807, 2.05) is 18.4 Å². The van der Waals surface area contributed by atoms with Gasteiger partial charge in [0.05, 0.1) is 12.0 Å². The third-order valence-corrected chi connectivity index (χ3v) is 2.99. The molecule has 0 radical (unpaired) electrons. The fraction of sp³-hybridized carbons (Fsp3) is 0.400. The average molecular weight is 227 g/mol. The van der Waals surface area contributed by atoms with Crippen LogP contribution in [-0.4, -0.2) is 25.0 Å². The van der Waals surface area contributed by atoms with E-state index in [-0.39, 0.29) is 5.91 Å². The van der Waals surface area contributed by atoms with E-state index in [1.54, 1.807) is 6.92 Å². The van der Waals surface area contributed by atoms with Crippen LogP contribution < -0.4 is 5.32 Å². The molecule has 1 heterocycles. The third-order valence-electron chi connectivity index (χ3n) is 1.97. The van der Waals surface area contributed by atoms with Crippen molar-refractivity contribution in [3.8, 4) is 0 Å². The number of hydrogen-bond acceptors (Lipinski definition) is 4. The predicted molar refractivity (Wildman–Crippen MR) is 58.0 cm³/mol. The molecule has 1 aromatic heterocycles. The van der Waals surface area contributed by atoms with Crippen LogP contribution in [-0.2, 0) is 9.53 Å². The minimum absolute atomic E-state index is 0.236. The second kappa shape index (κ2) is 4.93. The molecule has 15 heavy (non-hydrogen) atoms. The number of rotatable bonds is 3. The highest BCUT2D eigenvalue weighted by atomic mass is 32.1. The Morgan fingerprint density at radius 3 is 2.67 bits per heavy atom. The molecule has 1 aromatic rings. The van der Waals surface area contributed by atoms with E-state index in [0.29, 0.717) is 4.88 Å². The first-order valence-electron chi connectivity index (χ1n) is 4.49. The minimum Gasteiger partial charge on any atom is -0.467 e. The molecule has 82 valence electrons. The van der Waals surface area contributed by atoms with Crippen LogP contribution in [0.15, 0.2) is 11.4 Å². The zero-order valence-electron chi connectivity index (χ0n) is 8.87. The van der Waals surface area contributed by atoms with Gasteiger partial charge in [0.2, 0.25) is 0 Å². The standard InChI is InChI=1S/C10H13NO3S/c1-6-4-5-15-8(6)9(12)11-7(2)10(13)14-3/h4-5,7H,1-3H3,(H,11,12)/t7-/m1/s1. The Kier molecular flexibility index (Phi) is 3.85. The first kappa shape index (κ1) is 11.7. The first-order chi connectivity index (χ1) is 7.06. The number of ether oxygens (including phenoxy) is 1. The number of amides is 1. The van der Waals surface area contributed by atoms with E-state index in [9.17, 15) is 9.59 Å². The lowest BCUT2D eigenvalue weighted by Gasteiger charge is -2.10. The van der Waals surface area contributed by atoms with Crippen molar-refractivity contribution in [3.05, 3.63) is 21.9 Å². The summed E-state index contributed by atoms with van der Waals surface area (Å²) in [5.74, 6) is -0.682. The maximum atomic E-state index is 11.6. The number of esters is 1. The highest BCUT2D eigenvalue weighted by Gasteiger charge is 2.18. The Morgan fingerprint density at radius 1 is 1.53 bits per heavy atom. The summed E-state index contributed by atoms with van der Waals surface area (Å²) in [5.41, 5.74) is 0.912. The Bertz CT molecular complexity index is 372. The summed E-state index contributed by atoms with van der Waals surface area (Å²) in [4.78, 5) is 23.3. The Labute approximate surface area is 92.2 Å². The summed E-state index contributed by atoms with van der Waals surface area (Å²) in [6.07, 6.45) is 0. The maximum absolute atomic E-state index is 11.6. The van der Waals surface area contributed by atoms with E-state index < -0.39 is 12.0 Å². The van der Waals surface area contributed by atoms with E-state index in [4.69, 9.17) is 0 Å². The number of methoxy groups -OCH3 is 1. The van der Waals surface area contributed by atoms with Crippen LogP contribution in [0.25, 0.3) is 0 Å². The van der Waals surface area contributed by atoms with E-state index in [1.165, 1.54) is 18.4 Å². The summed E-state index contributed by atoms with van der Waals surface area (Å²) < 4.78 is 4.51. The van der Waals surface area contributed by atoms with Gasteiger partial charge in [0.1, 0.15) is 6.04 Å². The van der Waals surface area contributed by atoms with Gasteiger partial charge in [-0.15, -0.1) is 11.3 Å². The van der Waals surface area contributed by atoms with Crippen molar-refractivity contribution in [2.75, 3.05) is 7.11 Å². The molecule has 0 aliphatic carbocycles. The summed E-state index contributed by atoms with van der Waals surface area (Å²) in [7, 11) is 1.29. The lowest BCUT2D eigenvalue weighted by Crippen LogP contribution is -2.39. The molecule has 1 atom stereocenters. The summed E-state index contributed by atoms with van der Waals surface area (Å²) in [5, 5.41) is 4.41. The van der Waals surface area contributed by atoms with Crippen LogP contribution in [0.1, 0.15) is 22.2 Å². The Morgan fingerprint density at radius 2 is 2.20 bits per heavy atom. The molecule has 0 saturated heterocycles. The van der Waals surface area contributed by atoms with Gasteiger partial charge in [0, 0.05) is 0 Å². The summed E-state index contributed by atoms with van der Waals surface area (Å²) >= 11 is 1.35. The molecule has 0 unspecified atom stereocenters. The topological polar surface area (TPSA) is 55.4 Å². The van der Waals surface area contributed by atoms with Crippen molar-refractivity contribution in [3.63, 3.8) is 0 Å². The van der Waals surface area contributed by atoms with Crippen molar-refractivity contribution >= 4 is 23.2 Å². The molecule has 0 aliphatic heterocycles. The zero-order chi connectivity index (χ0) is 11.4. The van der Waals surface area contributed by atoms with Crippen molar-refractivity contribution in [2.24, 2.45) is 0 Å². The zero-order valence-corrected chi connectivity index (χ0v) is 9.68. The number of carbonyl (C=O) groups is 2. The van der Waals surface area contributed by atoms with Gasteiger partial charge in [-0.25, -0.2) is 4.79 Å². The van der Waals surface area contributed by atoms with Crippen LogP contribution >= 0.6 is 11.3 Å². The van der Waals surface area contributed by atoms with Crippen LogP contribution in [0.5, 0.6) is 0 Å². The number of aryl methyl sites for hydroxylation is 1. The van der Waals surface area contributed by atoms with E-state index >= 15 is 0 Å². The lowest BCUT2D eigenvalue weighted by molar-refractivity contribution is -0.142. The van der Waals surface area contributed by atoms with Crippen LogP contribution in [0, 0.1) is 6.92 Å². The van der Waals surface area contributed by atoms with Gasteiger partial charge in [-0.3, -0.25) is 4.79 Å². The largest absolute Gasteiger partial charge is 0.467 e. The molecular formula is C10H13NO3S. The maximum Gasteiger partial charge on any atom is 0.328 e. The monoisotopic (exact) mass is 227 g/mol. The number of nitrogens with one attached hydrogen (secondary N) is 1. The molecule has 1 N–H and O–H groups in total. The minimum atomic E-state index is -0.621. The van der Waals surface area contributed by atoms with Gasteiger partial charge in [-0.05, 0) is 30.9 Å². The first-order valence-corrected chi connectivity index (χ1v) is 5.37. The smallest absolute Gasteiger partial charge is 0.328 e. The molecule has 5 heteroatoms. The Balaban J connectivity index is 2.64. The fourth-order valence-corrected chi connectivity index (χ4v) is 1.93. The molecule has 0 fully saturated rings. The molecule has 1 amide bonds. The molecular weight excluding hydrogens is 214 g/mol. The predicted octanol–water partition coefficient (Wildman–Crippen LogP) is 1.35. The number of carbonyl (C=O) groups excluding carboxylic acids is 2.